The summed E-state index contributed by atoms with van der Waals surface area (Å²) in [4.78, 5) is 0. The molecular weight excluding hydrogens is 339 g/mol. The number of hydrogen-bond donors (Lipinski definition) is 0. The summed E-state index contributed by atoms with van der Waals surface area (Å²) in [5.41, 5.74) is 2.46. The Balaban J connectivity index is 2.47. The van der Waals surface area contributed by atoms with Crippen LogP contribution in [0.1, 0.15) is 11.3 Å². The summed E-state index contributed by atoms with van der Waals surface area (Å²) in [6.45, 7) is 0.394. The van der Waals surface area contributed by atoms with E-state index in [9.17, 15) is 0 Å². The number of ether oxygens (including phenoxy) is 1. The zero-order valence-corrected chi connectivity index (χ0v) is 12.8. The topological polar surface area (TPSA) is 27.1 Å². The molecule has 3 nitrogen and oxygen atoms in total. The summed E-state index contributed by atoms with van der Waals surface area (Å²) in [6.07, 6.45) is 0. The Labute approximate surface area is 124 Å². The van der Waals surface area contributed by atoms with Crippen molar-refractivity contribution in [1.29, 1.82) is 0 Å². The van der Waals surface area contributed by atoms with Crippen LogP contribution in [0, 0.1) is 0 Å². The fourth-order valence-corrected chi connectivity index (χ4v) is 2.54. The third kappa shape index (κ3) is 2.72. The van der Waals surface area contributed by atoms with E-state index in [0.29, 0.717) is 17.6 Å². The van der Waals surface area contributed by atoms with Crippen LogP contribution in [0.2, 0.25) is 5.15 Å². The molecule has 0 radical (unpaired) electrons. The van der Waals surface area contributed by atoms with Crippen LogP contribution in [-0.4, -0.2) is 16.9 Å². The number of aromatic nitrogens is 2. The summed E-state index contributed by atoms with van der Waals surface area (Å²) in [5, 5.41) is 4.96. The molecule has 0 fully saturated rings. The Hall–Kier alpha value is -0.550. The van der Waals surface area contributed by atoms with Crippen LogP contribution in [0.4, 0.5) is 0 Å². The SMILES string of the molecule is COCc1nn(-c2ccc(Br)cc2)c(Cl)c1CCl. The predicted octanol–water partition coefficient (Wildman–Crippen LogP) is 4.17. The number of nitrogens with zero attached hydrogens (tertiary/aromatic N) is 2. The summed E-state index contributed by atoms with van der Waals surface area (Å²) >= 11 is 15.6. The van der Waals surface area contributed by atoms with E-state index >= 15 is 0 Å². The average Bonchev–Trinajstić information content (AvgIpc) is 2.67. The van der Waals surface area contributed by atoms with Crippen molar-refractivity contribution in [2.45, 2.75) is 12.5 Å². The van der Waals surface area contributed by atoms with E-state index in [4.69, 9.17) is 27.9 Å². The smallest absolute Gasteiger partial charge is 0.137 e. The van der Waals surface area contributed by atoms with Crippen molar-refractivity contribution in [3.63, 3.8) is 0 Å². The maximum absolute atomic E-state index is 6.29. The highest BCUT2D eigenvalue weighted by molar-refractivity contribution is 9.10. The molecular formula is C12H11BrCl2N2O. The predicted molar refractivity (Wildman–Crippen MR) is 76.5 cm³/mol. The number of halogens is 3. The van der Waals surface area contributed by atoms with Crippen molar-refractivity contribution < 1.29 is 4.74 Å². The van der Waals surface area contributed by atoms with Crippen molar-refractivity contribution >= 4 is 39.1 Å². The zero-order valence-electron chi connectivity index (χ0n) is 9.66. The first-order valence-electron chi connectivity index (χ1n) is 5.24. The molecule has 1 aromatic carbocycles. The molecule has 6 heteroatoms. The van der Waals surface area contributed by atoms with Crippen LogP contribution in [0.3, 0.4) is 0 Å². The molecule has 0 aliphatic rings. The van der Waals surface area contributed by atoms with Crippen LogP contribution < -0.4 is 0 Å². The Morgan fingerprint density at radius 3 is 2.56 bits per heavy atom. The van der Waals surface area contributed by atoms with Gasteiger partial charge in [0, 0.05) is 17.1 Å². The minimum Gasteiger partial charge on any atom is -0.378 e. The van der Waals surface area contributed by atoms with E-state index < -0.39 is 0 Å². The molecule has 0 spiro atoms. The lowest BCUT2D eigenvalue weighted by Crippen LogP contribution is -1.97. The van der Waals surface area contributed by atoms with E-state index in [-0.39, 0.29) is 0 Å². The molecule has 0 aliphatic heterocycles. The summed E-state index contributed by atoms with van der Waals surface area (Å²) in [6, 6.07) is 7.72. The second-order valence-electron chi connectivity index (χ2n) is 3.67. The Bertz CT molecular complexity index is 540. The zero-order chi connectivity index (χ0) is 13.1. The lowest BCUT2D eigenvalue weighted by molar-refractivity contribution is 0.180. The molecule has 96 valence electrons. The second-order valence-corrected chi connectivity index (χ2v) is 5.21. The minimum absolute atomic E-state index is 0.314. The van der Waals surface area contributed by atoms with E-state index in [0.717, 1.165) is 21.4 Å². The maximum Gasteiger partial charge on any atom is 0.137 e. The molecule has 0 unspecified atom stereocenters. The molecule has 0 bridgehead atoms. The molecule has 1 heterocycles. The highest BCUT2D eigenvalue weighted by Crippen LogP contribution is 2.26. The monoisotopic (exact) mass is 348 g/mol. The molecule has 18 heavy (non-hydrogen) atoms. The fourth-order valence-electron chi connectivity index (χ4n) is 1.61. The molecule has 0 amide bonds. The molecule has 0 saturated heterocycles. The van der Waals surface area contributed by atoms with Crippen LogP contribution >= 0.6 is 39.1 Å². The average molecular weight is 350 g/mol. The van der Waals surface area contributed by atoms with Gasteiger partial charge in [-0.15, -0.1) is 11.6 Å². The first-order valence-corrected chi connectivity index (χ1v) is 6.95. The van der Waals surface area contributed by atoms with E-state index in [1.54, 1.807) is 11.8 Å². The van der Waals surface area contributed by atoms with Crippen LogP contribution in [0.25, 0.3) is 5.69 Å². The van der Waals surface area contributed by atoms with E-state index in [1.807, 2.05) is 24.3 Å². The Kier molecular flexibility index (Phi) is 4.67. The number of methoxy groups -OCH3 is 1. The number of hydrogen-bond acceptors (Lipinski definition) is 2. The first-order chi connectivity index (χ1) is 8.67. The largest absolute Gasteiger partial charge is 0.378 e. The fraction of sp³-hybridized carbons (Fsp3) is 0.250. The minimum atomic E-state index is 0.314. The first kappa shape index (κ1) is 13.9. The van der Waals surface area contributed by atoms with Crippen LogP contribution in [0.5, 0.6) is 0 Å². The van der Waals surface area contributed by atoms with Gasteiger partial charge in [-0.2, -0.15) is 5.10 Å². The molecule has 0 atom stereocenters. The molecule has 2 rings (SSSR count). The standard InChI is InChI=1S/C12H11BrCl2N2O/c1-18-7-11-10(6-14)12(15)17(16-11)9-4-2-8(13)3-5-9/h2-5H,6-7H2,1H3. The highest BCUT2D eigenvalue weighted by Gasteiger charge is 2.16. The van der Waals surface area contributed by atoms with Crippen LogP contribution in [-0.2, 0) is 17.2 Å². The number of benzene rings is 1. The summed E-state index contributed by atoms with van der Waals surface area (Å²) < 4.78 is 7.76. The summed E-state index contributed by atoms with van der Waals surface area (Å²) in [7, 11) is 1.62. The molecule has 1 aromatic heterocycles. The van der Waals surface area contributed by atoms with Crippen molar-refractivity contribution in [2.75, 3.05) is 7.11 Å². The molecule has 2 aromatic rings. The normalized spacial score (nSPS) is 10.9. The van der Waals surface area contributed by atoms with Gasteiger partial charge < -0.3 is 4.74 Å². The van der Waals surface area contributed by atoms with Gasteiger partial charge in [0.25, 0.3) is 0 Å². The third-order valence-electron chi connectivity index (χ3n) is 2.49. The van der Waals surface area contributed by atoms with Gasteiger partial charge in [0.15, 0.2) is 0 Å². The molecule has 0 aliphatic carbocycles. The number of rotatable bonds is 4. The Morgan fingerprint density at radius 2 is 2.00 bits per heavy atom. The van der Waals surface area contributed by atoms with E-state index in [1.165, 1.54) is 0 Å². The van der Waals surface area contributed by atoms with E-state index in [2.05, 4.69) is 21.0 Å². The molecule has 0 N–H and O–H groups in total. The van der Waals surface area contributed by atoms with Gasteiger partial charge in [0.2, 0.25) is 0 Å². The lowest BCUT2D eigenvalue weighted by Gasteiger charge is -2.03. The quantitative estimate of drug-likeness (QED) is 0.774. The lowest BCUT2D eigenvalue weighted by atomic mass is 10.3. The Morgan fingerprint density at radius 1 is 1.33 bits per heavy atom. The van der Waals surface area contributed by atoms with Gasteiger partial charge in [-0.05, 0) is 24.3 Å². The highest BCUT2D eigenvalue weighted by atomic mass is 79.9. The number of alkyl halides is 1. The van der Waals surface area contributed by atoms with Gasteiger partial charge in [0.1, 0.15) is 5.15 Å². The van der Waals surface area contributed by atoms with Crippen molar-refractivity contribution in [2.24, 2.45) is 0 Å². The van der Waals surface area contributed by atoms with Crippen LogP contribution in [0.15, 0.2) is 28.7 Å². The van der Waals surface area contributed by atoms with Crippen molar-refractivity contribution in [3.8, 4) is 5.69 Å². The van der Waals surface area contributed by atoms with Gasteiger partial charge in [-0.3, -0.25) is 0 Å². The van der Waals surface area contributed by atoms with Gasteiger partial charge >= 0.3 is 0 Å². The van der Waals surface area contributed by atoms with Gasteiger partial charge in [0.05, 0.1) is 23.9 Å². The second kappa shape index (κ2) is 6.06. The van der Waals surface area contributed by atoms with Gasteiger partial charge in [-0.1, -0.05) is 27.5 Å². The summed E-state index contributed by atoms with van der Waals surface area (Å²) in [5.74, 6) is 0.314. The third-order valence-corrected chi connectivity index (χ3v) is 3.67. The van der Waals surface area contributed by atoms with Crippen molar-refractivity contribution in [3.05, 3.63) is 45.1 Å². The van der Waals surface area contributed by atoms with Gasteiger partial charge in [-0.25, -0.2) is 4.68 Å². The van der Waals surface area contributed by atoms with Crippen molar-refractivity contribution in [1.82, 2.24) is 9.78 Å². The molecule has 0 saturated carbocycles. The maximum atomic E-state index is 6.29.